The Hall–Kier alpha value is -1.38. The number of sulfonamides is 1. The molecule has 1 aromatic heterocycles. The van der Waals surface area contributed by atoms with Crippen LogP contribution >= 0.6 is 11.8 Å². The summed E-state index contributed by atoms with van der Waals surface area (Å²) in [6, 6.07) is 6.35. The Morgan fingerprint density at radius 1 is 1.25 bits per heavy atom. The van der Waals surface area contributed by atoms with Crippen molar-refractivity contribution in [2.24, 2.45) is 0 Å². The summed E-state index contributed by atoms with van der Waals surface area (Å²) >= 11 is 1.30. The number of nitrogens with zero attached hydrogens (tertiary/aromatic N) is 2. The van der Waals surface area contributed by atoms with Crippen molar-refractivity contribution in [3.8, 4) is 11.5 Å². The molecular formula is C12H15N3O3S2. The summed E-state index contributed by atoms with van der Waals surface area (Å²) in [5.41, 5.74) is 0.397. The van der Waals surface area contributed by atoms with Crippen LogP contribution in [0.2, 0.25) is 0 Å². The number of benzene rings is 1. The Balaban J connectivity index is 2.51. The van der Waals surface area contributed by atoms with Gasteiger partial charge in [-0.1, -0.05) is 23.9 Å². The molecule has 1 aromatic carbocycles. The van der Waals surface area contributed by atoms with Crippen molar-refractivity contribution in [2.75, 3.05) is 6.26 Å². The van der Waals surface area contributed by atoms with E-state index in [4.69, 9.17) is 4.42 Å². The van der Waals surface area contributed by atoms with Crippen molar-refractivity contribution < 1.29 is 12.8 Å². The van der Waals surface area contributed by atoms with Gasteiger partial charge in [-0.05, 0) is 32.2 Å². The van der Waals surface area contributed by atoms with E-state index in [2.05, 4.69) is 14.9 Å². The van der Waals surface area contributed by atoms with Crippen molar-refractivity contribution in [2.45, 2.75) is 30.0 Å². The molecule has 0 fully saturated rings. The summed E-state index contributed by atoms with van der Waals surface area (Å²) in [5.74, 6) is 0.194. The predicted molar refractivity (Wildman–Crippen MR) is 77.0 cm³/mol. The van der Waals surface area contributed by atoms with Crippen LogP contribution in [0.4, 0.5) is 0 Å². The van der Waals surface area contributed by atoms with Crippen LogP contribution in [0.1, 0.15) is 13.8 Å². The molecule has 0 aliphatic rings. The lowest BCUT2D eigenvalue weighted by Crippen LogP contribution is -2.30. The molecule has 0 bridgehead atoms. The van der Waals surface area contributed by atoms with Crippen LogP contribution in [0.5, 0.6) is 0 Å². The van der Waals surface area contributed by atoms with Crippen molar-refractivity contribution in [1.29, 1.82) is 0 Å². The SMILES string of the molecule is CSc1nnc(-c2ccccc2S(=O)(=O)NC(C)C)o1. The van der Waals surface area contributed by atoms with E-state index in [0.29, 0.717) is 10.8 Å². The molecule has 6 nitrogen and oxygen atoms in total. The molecule has 0 atom stereocenters. The van der Waals surface area contributed by atoms with Crippen molar-refractivity contribution in [3.05, 3.63) is 24.3 Å². The van der Waals surface area contributed by atoms with Gasteiger partial charge in [-0.3, -0.25) is 0 Å². The second kappa shape index (κ2) is 5.94. The molecule has 2 rings (SSSR count). The largest absolute Gasteiger partial charge is 0.411 e. The van der Waals surface area contributed by atoms with Crippen LogP contribution in [0.25, 0.3) is 11.5 Å². The summed E-state index contributed by atoms with van der Waals surface area (Å²) in [6.07, 6.45) is 1.81. The minimum Gasteiger partial charge on any atom is -0.411 e. The molecule has 20 heavy (non-hydrogen) atoms. The Labute approximate surface area is 122 Å². The van der Waals surface area contributed by atoms with Gasteiger partial charge in [-0.25, -0.2) is 13.1 Å². The highest BCUT2D eigenvalue weighted by atomic mass is 32.2. The highest BCUT2D eigenvalue weighted by Gasteiger charge is 2.22. The maximum atomic E-state index is 12.3. The maximum Gasteiger partial charge on any atom is 0.276 e. The summed E-state index contributed by atoms with van der Waals surface area (Å²) in [5, 5.41) is 8.10. The standard InChI is InChI=1S/C12H15N3O3S2/c1-8(2)15-20(16,17)10-7-5-4-6-9(10)11-13-14-12(18-11)19-3/h4-8,15H,1-3H3. The van der Waals surface area contributed by atoms with E-state index in [-0.39, 0.29) is 16.8 Å². The van der Waals surface area contributed by atoms with Gasteiger partial charge in [-0.15, -0.1) is 10.2 Å². The average molecular weight is 313 g/mol. The average Bonchev–Trinajstić information content (AvgIpc) is 2.86. The zero-order valence-electron chi connectivity index (χ0n) is 11.3. The zero-order valence-corrected chi connectivity index (χ0v) is 13.0. The fourth-order valence-electron chi connectivity index (χ4n) is 1.65. The summed E-state index contributed by atoms with van der Waals surface area (Å²) in [4.78, 5) is 0.130. The van der Waals surface area contributed by atoms with Crippen LogP contribution in [-0.4, -0.2) is 30.9 Å². The molecule has 0 saturated carbocycles. The predicted octanol–water partition coefficient (Wildman–Crippen LogP) is 2.15. The van der Waals surface area contributed by atoms with Crippen LogP contribution < -0.4 is 4.72 Å². The third kappa shape index (κ3) is 3.20. The second-order valence-electron chi connectivity index (χ2n) is 4.35. The molecule has 1 heterocycles. The van der Waals surface area contributed by atoms with Crippen LogP contribution in [0.3, 0.4) is 0 Å². The summed E-state index contributed by atoms with van der Waals surface area (Å²) in [7, 11) is -3.62. The van der Waals surface area contributed by atoms with Crippen molar-refractivity contribution in [3.63, 3.8) is 0 Å². The molecule has 108 valence electrons. The van der Waals surface area contributed by atoms with Gasteiger partial charge in [0.2, 0.25) is 15.9 Å². The Morgan fingerprint density at radius 3 is 2.55 bits per heavy atom. The quantitative estimate of drug-likeness (QED) is 0.851. The summed E-state index contributed by atoms with van der Waals surface area (Å²) in [6.45, 7) is 3.53. The monoisotopic (exact) mass is 313 g/mol. The minimum absolute atomic E-state index is 0.130. The maximum absolute atomic E-state index is 12.3. The molecule has 0 spiro atoms. The van der Waals surface area contributed by atoms with Crippen LogP contribution in [-0.2, 0) is 10.0 Å². The minimum atomic E-state index is -3.62. The topological polar surface area (TPSA) is 85.1 Å². The molecule has 8 heteroatoms. The lowest BCUT2D eigenvalue weighted by atomic mass is 10.2. The second-order valence-corrected chi connectivity index (χ2v) is 6.79. The highest BCUT2D eigenvalue weighted by molar-refractivity contribution is 7.98. The van der Waals surface area contributed by atoms with Crippen molar-refractivity contribution in [1.82, 2.24) is 14.9 Å². The number of rotatable bonds is 5. The molecule has 0 amide bonds. The number of nitrogens with one attached hydrogen (secondary N) is 1. The van der Waals surface area contributed by atoms with E-state index < -0.39 is 10.0 Å². The first kappa shape index (κ1) is 15.0. The first-order valence-electron chi connectivity index (χ1n) is 5.93. The third-order valence-corrected chi connectivity index (χ3v) is 4.61. The molecule has 0 radical (unpaired) electrons. The van der Waals surface area contributed by atoms with E-state index in [1.54, 1.807) is 38.3 Å². The third-order valence-electron chi connectivity index (χ3n) is 2.38. The fraction of sp³-hybridized carbons (Fsp3) is 0.333. The van der Waals surface area contributed by atoms with Crippen molar-refractivity contribution >= 4 is 21.8 Å². The number of hydrogen-bond donors (Lipinski definition) is 1. The van der Waals surface area contributed by atoms with E-state index >= 15 is 0 Å². The molecule has 0 saturated heterocycles. The van der Waals surface area contributed by atoms with E-state index in [1.807, 2.05) is 0 Å². The normalized spacial score (nSPS) is 12.0. The van der Waals surface area contributed by atoms with E-state index in [1.165, 1.54) is 17.8 Å². The van der Waals surface area contributed by atoms with Gasteiger partial charge in [0.1, 0.15) is 0 Å². The smallest absolute Gasteiger partial charge is 0.276 e. The first-order chi connectivity index (χ1) is 9.44. The van der Waals surface area contributed by atoms with Gasteiger partial charge in [0.05, 0.1) is 10.5 Å². The highest BCUT2D eigenvalue weighted by Crippen LogP contribution is 2.27. The molecule has 1 N–H and O–H groups in total. The lowest BCUT2D eigenvalue weighted by molar-refractivity contribution is 0.465. The Bertz CT molecular complexity index is 695. The first-order valence-corrected chi connectivity index (χ1v) is 8.64. The van der Waals surface area contributed by atoms with Crippen LogP contribution in [0, 0.1) is 0 Å². The Morgan fingerprint density at radius 2 is 1.95 bits per heavy atom. The molecule has 2 aromatic rings. The van der Waals surface area contributed by atoms with Gasteiger partial charge in [0, 0.05) is 6.04 Å². The number of thioether (sulfide) groups is 1. The molecule has 0 aliphatic heterocycles. The molecule has 0 aliphatic carbocycles. The van der Waals surface area contributed by atoms with Gasteiger partial charge < -0.3 is 4.42 Å². The van der Waals surface area contributed by atoms with Gasteiger partial charge in [0.25, 0.3) is 5.22 Å². The van der Waals surface area contributed by atoms with Gasteiger partial charge >= 0.3 is 0 Å². The lowest BCUT2D eigenvalue weighted by Gasteiger charge is -2.11. The molecule has 0 unspecified atom stereocenters. The Kier molecular flexibility index (Phi) is 4.46. The van der Waals surface area contributed by atoms with E-state index in [0.717, 1.165) is 0 Å². The van der Waals surface area contributed by atoms with Gasteiger partial charge in [0.15, 0.2) is 0 Å². The summed E-state index contributed by atoms with van der Waals surface area (Å²) < 4.78 is 32.6. The zero-order chi connectivity index (χ0) is 14.8. The molecular weight excluding hydrogens is 298 g/mol. The number of hydrogen-bond acceptors (Lipinski definition) is 6. The van der Waals surface area contributed by atoms with Gasteiger partial charge in [-0.2, -0.15) is 0 Å². The van der Waals surface area contributed by atoms with E-state index in [9.17, 15) is 8.42 Å². The van der Waals surface area contributed by atoms with Crippen LogP contribution in [0.15, 0.2) is 38.8 Å². The number of aromatic nitrogens is 2. The fourth-order valence-corrected chi connectivity index (χ4v) is 3.39.